The molecule has 0 spiro atoms. The van der Waals surface area contributed by atoms with Gasteiger partial charge in [0.2, 0.25) is 5.91 Å². The summed E-state index contributed by atoms with van der Waals surface area (Å²) in [5.41, 5.74) is 1.75. The average Bonchev–Trinajstić information content (AvgIpc) is 2.29. The first kappa shape index (κ1) is 13.0. The van der Waals surface area contributed by atoms with Crippen molar-refractivity contribution in [2.24, 2.45) is 0 Å². The minimum absolute atomic E-state index is 0.174. The topological polar surface area (TPSA) is 38.3 Å². The number of allylic oxidation sites excluding steroid dienone is 3. The molecular weight excluding hydrogens is 214 g/mol. The zero-order valence-electron chi connectivity index (χ0n) is 10.4. The average molecular weight is 231 g/mol. The zero-order chi connectivity index (χ0) is 12.7. The highest BCUT2D eigenvalue weighted by atomic mass is 16.5. The van der Waals surface area contributed by atoms with E-state index in [-0.39, 0.29) is 5.91 Å². The number of rotatable bonds is 4. The molecule has 0 heterocycles. The van der Waals surface area contributed by atoms with Gasteiger partial charge in [-0.05, 0) is 31.5 Å². The summed E-state index contributed by atoms with van der Waals surface area (Å²) < 4.78 is 5.17. The van der Waals surface area contributed by atoms with E-state index in [1.807, 2.05) is 38.1 Å². The number of nitrogens with one attached hydrogen (secondary N) is 1. The number of hydrogen-bond acceptors (Lipinski definition) is 2. The van der Waals surface area contributed by atoms with Crippen LogP contribution in [0.4, 0.5) is 5.69 Å². The van der Waals surface area contributed by atoms with Crippen molar-refractivity contribution in [2.45, 2.75) is 13.8 Å². The van der Waals surface area contributed by atoms with Crippen molar-refractivity contribution in [3.63, 3.8) is 0 Å². The molecule has 1 N–H and O–H groups in total. The summed E-state index contributed by atoms with van der Waals surface area (Å²) >= 11 is 0. The number of benzene rings is 1. The van der Waals surface area contributed by atoms with Crippen molar-refractivity contribution in [1.29, 1.82) is 0 Å². The standard InChI is InChI=1S/C14H17NO2/c1-4-5-6-7-14(16)15-12-10-11(2)8-9-13(12)17-3/h4-10H,1-3H3,(H,15,16)/b5-4+,7-6+. The van der Waals surface area contributed by atoms with Gasteiger partial charge in [0, 0.05) is 6.08 Å². The number of aryl methyl sites for hydroxylation is 1. The fourth-order valence-corrected chi connectivity index (χ4v) is 1.35. The van der Waals surface area contributed by atoms with Crippen LogP contribution in [0.3, 0.4) is 0 Å². The van der Waals surface area contributed by atoms with Gasteiger partial charge in [-0.25, -0.2) is 0 Å². The van der Waals surface area contributed by atoms with Crippen LogP contribution in [-0.4, -0.2) is 13.0 Å². The largest absolute Gasteiger partial charge is 0.495 e. The lowest BCUT2D eigenvalue weighted by Crippen LogP contribution is -2.09. The van der Waals surface area contributed by atoms with E-state index in [4.69, 9.17) is 4.74 Å². The number of ether oxygens (including phenoxy) is 1. The predicted octanol–water partition coefficient (Wildman–Crippen LogP) is 3.07. The van der Waals surface area contributed by atoms with E-state index in [0.717, 1.165) is 5.56 Å². The Balaban J connectivity index is 2.80. The van der Waals surface area contributed by atoms with E-state index in [1.165, 1.54) is 6.08 Å². The highest BCUT2D eigenvalue weighted by Gasteiger charge is 2.04. The number of methoxy groups -OCH3 is 1. The van der Waals surface area contributed by atoms with E-state index in [2.05, 4.69) is 5.32 Å². The second kappa shape index (κ2) is 6.53. The first-order valence-corrected chi connectivity index (χ1v) is 5.42. The maximum Gasteiger partial charge on any atom is 0.248 e. The Hall–Kier alpha value is -2.03. The van der Waals surface area contributed by atoms with Crippen LogP contribution in [0.5, 0.6) is 5.75 Å². The minimum atomic E-state index is -0.174. The summed E-state index contributed by atoms with van der Waals surface area (Å²) in [6, 6.07) is 5.64. The highest BCUT2D eigenvalue weighted by molar-refractivity contribution is 6.00. The number of carbonyl (C=O) groups is 1. The molecule has 0 atom stereocenters. The van der Waals surface area contributed by atoms with Gasteiger partial charge in [0.1, 0.15) is 5.75 Å². The van der Waals surface area contributed by atoms with Gasteiger partial charge in [0.25, 0.3) is 0 Å². The second-order valence-electron chi connectivity index (χ2n) is 3.58. The van der Waals surface area contributed by atoms with Crippen molar-refractivity contribution in [1.82, 2.24) is 0 Å². The monoisotopic (exact) mass is 231 g/mol. The third-order valence-corrected chi connectivity index (χ3v) is 2.16. The Morgan fingerprint density at radius 2 is 2.12 bits per heavy atom. The molecule has 90 valence electrons. The highest BCUT2D eigenvalue weighted by Crippen LogP contribution is 2.24. The van der Waals surface area contributed by atoms with Crippen LogP contribution in [0.15, 0.2) is 42.5 Å². The third-order valence-electron chi connectivity index (χ3n) is 2.16. The Bertz CT molecular complexity index is 448. The van der Waals surface area contributed by atoms with Gasteiger partial charge in [-0.1, -0.05) is 24.3 Å². The molecule has 0 bridgehead atoms. The molecule has 1 rings (SSSR count). The summed E-state index contributed by atoms with van der Waals surface area (Å²) in [4.78, 5) is 11.6. The normalized spacial score (nSPS) is 11.0. The van der Waals surface area contributed by atoms with Crippen molar-refractivity contribution in [3.8, 4) is 5.75 Å². The molecule has 1 aromatic rings. The van der Waals surface area contributed by atoms with Gasteiger partial charge in [-0.15, -0.1) is 0 Å². The van der Waals surface area contributed by atoms with Crippen molar-refractivity contribution in [2.75, 3.05) is 12.4 Å². The number of anilines is 1. The molecule has 0 aromatic heterocycles. The van der Waals surface area contributed by atoms with Gasteiger partial charge >= 0.3 is 0 Å². The van der Waals surface area contributed by atoms with Gasteiger partial charge in [-0.2, -0.15) is 0 Å². The number of amides is 1. The fraction of sp³-hybridized carbons (Fsp3) is 0.214. The molecule has 0 unspecified atom stereocenters. The van der Waals surface area contributed by atoms with Crippen LogP contribution in [0.25, 0.3) is 0 Å². The molecule has 3 nitrogen and oxygen atoms in total. The van der Waals surface area contributed by atoms with Crippen LogP contribution in [0.2, 0.25) is 0 Å². The summed E-state index contributed by atoms with van der Waals surface area (Å²) in [6.07, 6.45) is 6.82. The Labute approximate surface area is 102 Å². The van der Waals surface area contributed by atoms with E-state index in [0.29, 0.717) is 11.4 Å². The summed E-state index contributed by atoms with van der Waals surface area (Å²) in [6.45, 7) is 3.86. The molecule has 0 aliphatic heterocycles. The maximum atomic E-state index is 11.6. The Morgan fingerprint density at radius 3 is 2.76 bits per heavy atom. The zero-order valence-corrected chi connectivity index (χ0v) is 10.4. The van der Waals surface area contributed by atoms with Crippen molar-refractivity contribution in [3.05, 3.63) is 48.1 Å². The fourth-order valence-electron chi connectivity index (χ4n) is 1.35. The molecule has 0 aliphatic carbocycles. The van der Waals surface area contributed by atoms with Gasteiger partial charge in [0.05, 0.1) is 12.8 Å². The van der Waals surface area contributed by atoms with Crippen LogP contribution in [0.1, 0.15) is 12.5 Å². The SMILES string of the molecule is C/C=C/C=C/C(=O)Nc1cc(C)ccc1OC. The third kappa shape index (κ3) is 4.15. The molecule has 1 amide bonds. The lowest BCUT2D eigenvalue weighted by atomic mass is 10.2. The van der Waals surface area contributed by atoms with Gasteiger partial charge in [-0.3, -0.25) is 4.79 Å². The lowest BCUT2D eigenvalue weighted by Gasteiger charge is -2.09. The van der Waals surface area contributed by atoms with E-state index >= 15 is 0 Å². The molecule has 0 saturated heterocycles. The smallest absolute Gasteiger partial charge is 0.248 e. The predicted molar refractivity (Wildman–Crippen MR) is 70.3 cm³/mol. The lowest BCUT2D eigenvalue weighted by molar-refractivity contribution is -0.111. The molecule has 0 aliphatic rings. The first-order chi connectivity index (χ1) is 8.17. The Morgan fingerprint density at radius 1 is 1.35 bits per heavy atom. The summed E-state index contributed by atoms with van der Waals surface area (Å²) in [7, 11) is 1.58. The molecule has 0 radical (unpaired) electrons. The van der Waals surface area contributed by atoms with E-state index in [1.54, 1.807) is 19.3 Å². The van der Waals surface area contributed by atoms with Gasteiger partial charge in [0.15, 0.2) is 0 Å². The molecular formula is C14H17NO2. The molecule has 17 heavy (non-hydrogen) atoms. The van der Waals surface area contributed by atoms with Crippen LogP contribution in [0, 0.1) is 6.92 Å². The molecule has 3 heteroatoms. The summed E-state index contributed by atoms with van der Waals surface area (Å²) in [5, 5.41) is 2.78. The van der Waals surface area contributed by atoms with Gasteiger partial charge < -0.3 is 10.1 Å². The van der Waals surface area contributed by atoms with Crippen LogP contribution in [-0.2, 0) is 4.79 Å². The molecule has 1 aromatic carbocycles. The maximum absolute atomic E-state index is 11.6. The van der Waals surface area contributed by atoms with Crippen molar-refractivity contribution >= 4 is 11.6 Å². The van der Waals surface area contributed by atoms with Crippen LogP contribution < -0.4 is 10.1 Å². The second-order valence-corrected chi connectivity index (χ2v) is 3.58. The van der Waals surface area contributed by atoms with E-state index in [9.17, 15) is 4.79 Å². The quantitative estimate of drug-likeness (QED) is 0.638. The first-order valence-electron chi connectivity index (χ1n) is 5.42. The van der Waals surface area contributed by atoms with Crippen LogP contribution >= 0.6 is 0 Å². The summed E-state index contributed by atoms with van der Waals surface area (Å²) in [5.74, 6) is 0.482. The van der Waals surface area contributed by atoms with E-state index < -0.39 is 0 Å². The molecule has 0 fully saturated rings. The molecule has 0 saturated carbocycles. The number of carbonyl (C=O) groups excluding carboxylic acids is 1. The van der Waals surface area contributed by atoms with Crippen molar-refractivity contribution < 1.29 is 9.53 Å². The number of hydrogen-bond donors (Lipinski definition) is 1. The minimum Gasteiger partial charge on any atom is -0.495 e. The Kier molecular flexibility index (Phi) is 5.01.